The van der Waals surface area contributed by atoms with Crippen LogP contribution in [0.25, 0.3) is 0 Å². The molecule has 2 heterocycles. The van der Waals surface area contributed by atoms with E-state index in [4.69, 9.17) is 0 Å². The average Bonchev–Trinajstić information content (AvgIpc) is 2.53. The van der Waals surface area contributed by atoms with E-state index in [2.05, 4.69) is 48.1 Å². The predicted octanol–water partition coefficient (Wildman–Crippen LogP) is 4.62. The van der Waals surface area contributed by atoms with Crippen molar-refractivity contribution in [3.05, 3.63) is 23.9 Å². The number of hydrogen-bond acceptors (Lipinski definition) is 3. The fourth-order valence-corrected chi connectivity index (χ4v) is 3.11. The van der Waals surface area contributed by atoms with Gasteiger partial charge in [-0.1, -0.05) is 32.8 Å². The largest absolute Gasteiger partial charge is 0.367 e. The van der Waals surface area contributed by atoms with Crippen molar-refractivity contribution in [3.8, 4) is 0 Å². The van der Waals surface area contributed by atoms with Crippen molar-refractivity contribution in [2.75, 3.05) is 18.4 Å². The smallest absolute Gasteiger partial charge is 0.130 e. The summed E-state index contributed by atoms with van der Waals surface area (Å²) in [6.45, 7) is 9.18. The first-order chi connectivity index (χ1) is 10.3. The molecular weight excluding hydrogens is 258 g/mol. The Kier molecular flexibility index (Phi) is 6.50. The zero-order valence-corrected chi connectivity index (χ0v) is 13.9. The van der Waals surface area contributed by atoms with Crippen molar-refractivity contribution in [1.82, 2.24) is 9.88 Å². The molecule has 1 aliphatic rings. The van der Waals surface area contributed by atoms with Crippen LogP contribution in [0, 0.1) is 0 Å². The predicted molar refractivity (Wildman–Crippen MR) is 90.7 cm³/mol. The van der Waals surface area contributed by atoms with Crippen LogP contribution < -0.4 is 5.32 Å². The van der Waals surface area contributed by atoms with Crippen LogP contribution in [0.3, 0.4) is 0 Å². The molecule has 1 N–H and O–H groups in total. The molecule has 1 saturated heterocycles. The summed E-state index contributed by atoms with van der Waals surface area (Å²) in [4.78, 5) is 7.29. The van der Waals surface area contributed by atoms with Gasteiger partial charge in [0, 0.05) is 23.8 Å². The lowest BCUT2D eigenvalue weighted by Crippen LogP contribution is -2.35. The Bertz CT molecular complexity index is 419. The molecule has 0 bridgehead atoms. The maximum atomic E-state index is 4.62. The van der Waals surface area contributed by atoms with Crippen LogP contribution in [0.1, 0.15) is 70.9 Å². The lowest BCUT2D eigenvalue weighted by molar-refractivity contribution is 0.147. The van der Waals surface area contributed by atoms with Crippen LogP contribution >= 0.6 is 0 Å². The quantitative estimate of drug-likeness (QED) is 0.794. The van der Waals surface area contributed by atoms with E-state index in [0.29, 0.717) is 12.1 Å². The second-order valence-electron chi connectivity index (χ2n) is 6.30. The molecule has 0 spiro atoms. The number of rotatable bonds is 7. The molecule has 0 aliphatic carbocycles. The SMILES string of the molecule is CCCCN1CCCCC1c1cccnc1NC(C)CC. The maximum Gasteiger partial charge on any atom is 0.130 e. The average molecular weight is 289 g/mol. The van der Waals surface area contributed by atoms with E-state index in [1.54, 1.807) is 0 Å². The third kappa shape index (κ3) is 4.44. The summed E-state index contributed by atoms with van der Waals surface area (Å²) >= 11 is 0. The molecule has 1 aliphatic heterocycles. The summed E-state index contributed by atoms with van der Waals surface area (Å²) in [6, 6.07) is 5.38. The van der Waals surface area contributed by atoms with Crippen molar-refractivity contribution in [3.63, 3.8) is 0 Å². The molecule has 2 unspecified atom stereocenters. The summed E-state index contributed by atoms with van der Waals surface area (Å²) in [6.07, 6.45) is 9.55. The summed E-state index contributed by atoms with van der Waals surface area (Å²) in [5.74, 6) is 1.10. The fraction of sp³-hybridized carbons (Fsp3) is 0.722. The molecule has 2 rings (SSSR count). The van der Waals surface area contributed by atoms with Crippen LogP contribution in [-0.4, -0.2) is 29.0 Å². The molecule has 3 nitrogen and oxygen atoms in total. The van der Waals surface area contributed by atoms with Gasteiger partial charge in [0.05, 0.1) is 0 Å². The third-order valence-electron chi connectivity index (χ3n) is 4.61. The minimum absolute atomic E-state index is 0.478. The number of hydrogen-bond donors (Lipinski definition) is 1. The van der Waals surface area contributed by atoms with Crippen LogP contribution in [0.5, 0.6) is 0 Å². The number of unbranched alkanes of at least 4 members (excludes halogenated alkanes) is 1. The van der Waals surface area contributed by atoms with E-state index in [-0.39, 0.29) is 0 Å². The van der Waals surface area contributed by atoms with Crippen LogP contribution in [0.2, 0.25) is 0 Å². The maximum absolute atomic E-state index is 4.62. The minimum atomic E-state index is 0.478. The van der Waals surface area contributed by atoms with Crippen molar-refractivity contribution in [2.45, 2.75) is 71.4 Å². The normalized spacial score (nSPS) is 21.2. The molecule has 2 atom stereocenters. The fourth-order valence-electron chi connectivity index (χ4n) is 3.11. The van der Waals surface area contributed by atoms with Gasteiger partial charge in [-0.15, -0.1) is 0 Å². The standard InChI is InChI=1S/C18H31N3/c1-4-6-13-21-14-8-7-11-17(21)16-10-9-12-19-18(16)20-15(3)5-2/h9-10,12,15,17H,4-8,11,13-14H2,1-3H3,(H,19,20). The molecule has 1 aromatic heterocycles. The van der Waals surface area contributed by atoms with E-state index < -0.39 is 0 Å². The molecule has 0 saturated carbocycles. The van der Waals surface area contributed by atoms with Crippen molar-refractivity contribution in [2.24, 2.45) is 0 Å². The van der Waals surface area contributed by atoms with E-state index in [0.717, 1.165) is 12.2 Å². The molecule has 3 heteroatoms. The molecule has 1 fully saturated rings. The number of anilines is 1. The van der Waals surface area contributed by atoms with Gasteiger partial charge in [-0.05, 0) is 51.8 Å². The van der Waals surface area contributed by atoms with Crippen molar-refractivity contribution >= 4 is 5.82 Å². The zero-order chi connectivity index (χ0) is 15.1. The highest BCUT2D eigenvalue weighted by Gasteiger charge is 2.26. The highest BCUT2D eigenvalue weighted by atomic mass is 15.2. The van der Waals surface area contributed by atoms with Gasteiger partial charge in [-0.25, -0.2) is 4.98 Å². The number of aromatic nitrogens is 1. The number of nitrogens with one attached hydrogen (secondary N) is 1. The van der Waals surface area contributed by atoms with Crippen molar-refractivity contribution in [1.29, 1.82) is 0 Å². The summed E-state index contributed by atoms with van der Waals surface area (Å²) in [7, 11) is 0. The second-order valence-corrected chi connectivity index (χ2v) is 6.30. The van der Waals surface area contributed by atoms with Gasteiger partial charge in [-0.2, -0.15) is 0 Å². The van der Waals surface area contributed by atoms with E-state index in [9.17, 15) is 0 Å². The summed E-state index contributed by atoms with van der Waals surface area (Å²) < 4.78 is 0. The monoisotopic (exact) mass is 289 g/mol. The van der Waals surface area contributed by atoms with Gasteiger partial charge in [-0.3, -0.25) is 4.90 Å². The van der Waals surface area contributed by atoms with Gasteiger partial charge in [0.1, 0.15) is 5.82 Å². The number of pyridine rings is 1. The van der Waals surface area contributed by atoms with E-state index in [1.807, 2.05) is 6.20 Å². The number of piperidine rings is 1. The van der Waals surface area contributed by atoms with Gasteiger partial charge in [0.25, 0.3) is 0 Å². The molecule has 0 amide bonds. The summed E-state index contributed by atoms with van der Waals surface area (Å²) in [5, 5.41) is 3.60. The van der Waals surface area contributed by atoms with Crippen molar-refractivity contribution < 1.29 is 0 Å². The van der Waals surface area contributed by atoms with Crippen LogP contribution in [0.15, 0.2) is 18.3 Å². The Morgan fingerprint density at radius 2 is 2.24 bits per heavy atom. The molecule has 21 heavy (non-hydrogen) atoms. The first kappa shape index (κ1) is 16.3. The minimum Gasteiger partial charge on any atom is -0.367 e. The Morgan fingerprint density at radius 1 is 1.38 bits per heavy atom. The van der Waals surface area contributed by atoms with Crippen LogP contribution in [0.4, 0.5) is 5.82 Å². The lowest BCUT2D eigenvalue weighted by atomic mass is 9.95. The van der Waals surface area contributed by atoms with E-state index >= 15 is 0 Å². The molecule has 0 aromatic carbocycles. The lowest BCUT2D eigenvalue weighted by Gasteiger charge is -2.37. The number of likely N-dealkylation sites (tertiary alicyclic amines) is 1. The molecular formula is C18H31N3. The Balaban J connectivity index is 2.17. The third-order valence-corrected chi connectivity index (χ3v) is 4.61. The first-order valence-electron chi connectivity index (χ1n) is 8.71. The molecule has 0 radical (unpaired) electrons. The summed E-state index contributed by atoms with van der Waals surface area (Å²) in [5.41, 5.74) is 1.40. The topological polar surface area (TPSA) is 28.2 Å². The van der Waals surface area contributed by atoms with E-state index in [1.165, 1.54) is 50.8 Å². The Hall–Kier alpha value is -1.09. The van der Waals surface area contributed by atoms with Gasteiger partial charge in [0.2, 0.25) is 0 Å². The Labute approximate surface area is 130 Å². The highest BCUT2D eigenvalue weighted by molar-refractivity contribution is 5.46. The molecule has 1 aromatic rings. The van der Waals surface area contributed by atoms with Gasteiger partial charge in [0.15, 0.2) is 0 Å². The second kappa shape index (κ2) is 8.38. The first-order valence-corrected chi connectivity index (χ1v) is 8.71. The van der Waals surface area contributed by atoms with Gasteiger partial charge >= 0.3 is 0 Å². The molecule has 118 valence electrons. The zero-order valence-electron chi connectivity index (χ0n) is 13.9. The number of nitrogens with zero attached hydrogens (tertiary/aromatic N) is 2. The Morgan fingerprint density at radius 3 is 3.00 bits per heavy atom. The van der Waals surface area contributed by atoms with Crippen LogP contribution in [-0.2, 0) is 0 Å². The highest BCUT2D eigenvalue weighted by Crippen LogP contribution is 2.34. The van der Waals surface area contributed by atoms with Gasteiger partial charge < -0.3 is 5.32 Å².